The second kappa shape index (κ2) is 15.9. The Labute approximate surface area is 373 Å². The molecule has 2 aliphatic rings. The van der Waals surface area contributed by atoms with Crippen molar-refractivity contribution in [3.8, 4) is 56.8 Å². The molecular weight excluding hydrogens is 930 g/mol. The number of para-hydroxylation sites is 2. The third kappa shape index (κ3) is 7.11. The maximum Gasteiger partial charge on any atom is 0.210 e. The first kappa shape index (κ1) is 40.6. The molecule has 5 nitrogen and oxygen atoms in total. The first-order chi connectivity index (χ1) is 29.1. The SMILES string of the molecule is Cc1cccc(C)c1-n1c(-c2ccccc2O)nc2c(Oc3cccc(-c4[c-]ccc(-c5c(C(C)C)cccc5C(C)C)c4)n3)cc3c(c21)CC1(Cc2ccccc2C1)C3.[Pt]. The summed E-state index contributed by atoms with van der Waals surface area (Å²) in [6.07, 6.45) is 3.96. The fraction of sp³-hybridized carbons (Fsp3) is 0.236. The molecule has 1 N–H and O–H groups in total. The second-order valence-corrected chi connectivity index (χ2v) is 17.8. The van der Waals surface area contributed by atoms with Gasteiger partial charge >= 0.3 is 0 Å². The standard InChI is InChI=1S/C55H50N3O2.Pt/c1-33(2)42-22-13-23-43(34(3)4)50(42)38-20-12-19-37(27-38)46-24-14-26-49(56-46)60-48-28-41-31-55(29-39-17-7-8-18-40(39)30-55)32-45(41)53-51(48)57-54(44-21-9-10-25-47(44)59)58(53)52-35(5)15-11-16-36(52)6;/h7-18,20-28,33-34,59H,29-32H2,1-6H3;/q-1;. The summed E-state index contributed by atoms with van der Waals surface area (Å²) in [5.74, 6) is 2.79. The fourth-order valence-electron chi connectivity index (χ4n) is 10.2. The van der Waals surface area contributed by atoms with Crippen LogP contribution in [0.4, 0.5) is 0 Å². The molecule has 10 rings (SSSR count). The second-order valence-electron chi connectivity index (χ2n) is 17.8. The normalized spacial score (nSPS) is 13.8. The minimum atomic E-state index is 0. The summed E-state index contributed by atoms with van der Waals surface area (Å²) in [5, 5.41) is 11.4. The van der Waals surface area contributed by atoms with Crippen LogP contribution in [0.25, 0.3) is 50.5 Å². The number of hydrogen-bond acceptors (Lipinski definition) is 4. The van der Waals surface area contributed by atoms with Gasteiger partial charge in [-0.3, -0.25) is 9.55 Å². The molecule has 2 heterocycles. The molecule has 0 bridgehead atoms. The van der Waals surface area contributed by atoms with E-state index >= 15 is 0 Å². The summed E-state index contributed by atoms with van der Waals surface area (Å²) < 4.78 is 9.27. The molecule has 8 aromatic rings. The number of fused-ring (bicyclic) bond motifs is 4. The van der Waals surface area contributed by atoms with Gasteiger partial charge in [0.25, 0.3) is 0 Å². The van der Waals surface area contributed by atoms with Gasteiger partial charge in [0, 0.05) is 21.1 Å². The molecule has 1 spiro atoms. The maximum absolute atomic E-state index is 11.4. The average Bonchev–Trinajstić information content (AvgIpc) is 3.92. The van der Waals surface area contributed by atoms with E-state index in [9.17, 15) is 5.11 Å². The Kier molecular flexibility index (Phi) is 10.6. The van der Waals surface area contributed by atoms with Crippen LogP contribution >= 0.6 is 0 Å². The van der Waals surface area contributed by atoms with E-state index in [1.165, 1.54) is 44.5 Å². The topological polar surface area (TPSA) is 60.2 Å². The van der Waals surface area contributed by atoms with E-state index < -0.39 is 0 Å². The molecule has 0 saturated heterocycles. The first-order valence-electron chi connectivity index (χ1n) is 21.4. The Hall–Kier alpha value is -5.77. The maximum atomic E-state index is 11.4. The summed E-state index contributed by atoms with van der Waals surface area (Å²) >= 11 is 0. The molecule has 0 unspecified atom stereocenters. The van der Waals surface area contributed by atoms with Crippen molar-refractivity contribution in [3.05, 3.63) is 178 Å². The number of aromatic hydroxyl groups is 1. The van der Waals surface area contributed by atoms with Gasteiger partial charge in [-0.25, -0.2) is 4.98 Å². The zero-order valence-electron chi connectivity index (χ0n) is 35.6. The molecule has 0 atom stereocenters. The van der Waals surface area contributed by atoms with Gasteiger partial charge in [-0.1, -0.05) is 113 Å². The minimum Gasteiger partial charge on any atom is -0.507 e. The van der Waals surface area contributed by atoms with Crippen molar-refractivity contribution in [1.29, 1.82) is 0 Å². The Morgan fingerprint density at radius 1 is 0.689 bits per heavy atom. The fourth-order valence-corrected chi connectivity index (χ4v) is 10.2. The zero-order valence-corrected chi connectivity index (χ0v) is 37.9. The van der Waals surface area contributed by atoms with Gasteiger partial charge in [0.1, 0.15) is 17.1 Å². The largest absolute Gasteiger partial charge is 0.507 e. The van der Waals surface area contributed by atoms with Crippen molar-refractivity contribution >= 4 is 11.0 Å². The Morgan fingerprint density at radius 2 is 1.33 bits per heavy atom. The van der Waals surface area contributed by atoms with Crippen LogP contribution in [-0.2, 0) is 46.7 Å². The van der Waals surface area contributed by atoms with E-state index in [-0.39, 0.29) is 32.2 Å². The summed E-state index contributed by atoms with van der Waals surface area (Å²) in [6, 6.07) is 47.7. The molecule has 0 saturated carbocycles. The number of ether oxygens (including phenoxy) is 1. The number of aromatic nitrogens is 3. The molecule has 0 radical (unpaired) electrons. The van der Waals surface area contributed by atoms with Crippen molar-refractivity contribution in [2.75, 3.05) is 0 Å². The van der Waals surface area contributed by atoms with E-state index in [1.54, 1.807) is 6.07 Å². The van der Waals surface area contributed by atoms with Crippen molar-refractivity contribution in [3.63, 3.8) is 0 Å². The number of pyridine rings is 1. The predicted molar refractivity (Wildman–Crippen MR) is 244 cm³/mol. The van der Waals surface area contributed by atoms with Crippen LogP contribution in [0.1, 0.15) is 84.0 Å². The molecular formula is C55H50N3O2Pt-. The van der Waals surface area contributed by atoms with Crippen LogP contribution in [0.15, 0.2) is 127 Å². The molecule has 308 valence electrons. The van der Waals surface area contributed by atoms with E-state index in [1.807, 2.05) is 42.5 Å². The molecule has 0 aliphatic heterocycles. The molecule has 2 aliphatic carbocycles. The molecule has 6 aromatic carbocycles. The predicted octanol–water partition coefficient (Wildman–Crippen LogP) is 13.5. The van der Waals surface area contributed by atoms with E-state index in [0.29, 0.717) is 34.9 Å². The zero-order chi connectivity index (χ0) is 41.3. The monoisotopic (exact) mass is 979 g/mol. The third-order valence-electron chi connectivity index (χ3n) is 12.9. The van der Waals surface area contributed by atoms with Gasteiger partial charge in [-0.15, -0.1) is 35.4 Å². The summed E-state index contributed by atoms with van der Waals surface area (Å²) in [6.45, 7) is 13.4. The number of phenolic OH excluding ortho intramolecular Hbond substituents is 1. The van der Waals surface area contributed by atoms with E-state index in [0.717, 1.165) is 64.8 Å². The van der Waals surface area contributed by atoms with Gasteiger partial charge in [-0.05, 0) is 137 Å². The van der Waals surface area contributed by atoms with Crippen LogP contribution in [0.5, 0.6) is 17.4 Å². The number of benzene rings is 6. The van der Waals surface area contributed by atoms with E-state index in [4.69, 9.17) is 14.7 Å². The number of nitrogens with zero attached hydrogens (tertiary/aromatic N) is 3. The van der Waals surface area contributed by atoms with Crippen LogP contribution in [0, 0.1) is 25.3 Å². The number of imidazole rings is 1. The quantitative estimate of drug-likeness (QED) is 0.154. The number of rotatable bonds is 8. The Bertz CT molecular complexity index is 2910. The Morgan fingerprint density at radius 3 is 2.02 bits per heavy atom. The first-order valence-corrected chi connectivity index (χ1v) is 21.4. The molecule has 2 aromatic heterocycles. The smallest absolute Gasteiger partial charge is 0.210 e. The van der Waals surface area contributed by atoms with Crippen molar-refractivity contribution in [1.82, 2.24) is 14.5 Å². The van der Waals surface area contributed by atoms with Crippen molar-refractivity contribution in [2.24, 2.45) is 5.41 Å². The summed E-state index contributed by atoms with van der Waals surface area (Å²) in [5.41, 5.74) is 18.2. The van der Waals surface area contributed by atoms with Crippen molar-refractivity contribution < 1.29 is 30.9 Å². The van der Waals surface area contributed by atoms with Gasteiger partial charge in [0.2, 0.25) is 5.88 Å². The molecule has 0 fully saturated rings. The number of phenols is 1. The Balaban J connectivity index is 0.00000476. The molecule has 0 amide bonds. The minimum absolute atomic E-state index is 0. The van der Waals surface area contributed by atoms with Crippen LogP contribution in [-0.4, -0.2) is 19.6 Å². The van der Waals surface area contributed by atoms with Gasteiger partial charge in [0.05, 0.1) is 16.8 Å². The number of hydrogen-bond donors (Lipinski definition) is 1. The summed E-state index contributed by atoms with van der Waals surface area (Å²) in [4.78, 5) is 10.6. The molecule has 61 heavy (non-hydrogen) atoms. The number of aryl methyl sites for hydroxylation is 2. The van der Waals surface area contributed by atoms with E-state index in [2.05, 4.69) is 131 Å². The summed E-state index contributed by atoms with van der Waals surface area (Å²) in [7, 11) is 0. The van der Waals surface area contributed by atoms with Crippen LogP contribution in [0.2, 0.25) is 0 Å². The van der Waals surface area contributed by atoms with Gasteiger partial charge in [0.15, 0.2) is 5.75 Å². The van der Waals surface area contributed by atoms with Crippen LogP contribution < -0.4 is 4.74 Å². The molecule has 6 heteroatoms. The van der Waals surface area contributed by atoms with Gasteiger partial charge in [-0.2, -0.15) is 0 Å². The van der Waals surface area contributed by atoms with Crippen molar-refractivity contribution in [2.45, 2.75) is 79.1 Å². The van der Waals surface area contributed by atoms with Crippen LogP contribution in [0.3, 0.4) is 0 Å². The third-order valence-corrected chi connectivity index (χ3v) is 12.9. The average molecular weight is 980 g/mol. The van der Waals surface area contributed by atoms with Gasteiger partial charge < -0.3 is 9.84 Å².